The van der Waals surface area contributed by atoms with Gasteiger partial charge in [-0.2, -0.15) is 5.10 Å². The maximum absolute atomic E-state index is 11.7. The molecule has 8 nitrogen and oxygen atoms in total. The number of nitrogens with zero attached hydrogens (tertiary/aromatic N) is 4. The number of unbranched alkanes of at least 4 members (excludes halogenated alkanes) is 1. The third kappa shape index (κ3) is 4.06. The van der Waals surface area contributed by atoms with Crippen molar-refractivity contribution in [2.24, 2.45) is 5.11 Å². The molecule has 0 atom stereocenters. The molecule has 0 aromatic carbocycles. The Morgan fingerprint density at radius 1 is 1.59 bits per heavy atom. The van der Waals surface area contributed by atoms with Crippen LogP contribution in [0.15, 0.2) is 16.2 Å². The summed E-state index contributed by atoms with van der Waals surface area (Å²) in [5.74, 6) is 0. The number of azide groups is 1. The van der Waals surface area contributed by atoms with Crippen LogP contribution in [-0.2, 0) is 10.0 Å². The number of aryl methyl sites for hydroxylation is 1. The summed E-state index contributed by atoms with van der Waals surface area (Å²) in [6, 6.07) is 0. The van der Waals surface area contributed by atoms with Gasteiger partial charge < -0.3 is 0 Å². The summed E-state index contributed by atoms with van der Waals surface area (Å²) in [5.41, 5.74) is 8.55. The zero-order chi connectivity index (χ0) is 12.7. The summed E-state index contributed by atoms with van der Waals surface area (Å²) in [6.45, 7) is 2.33. The molecule has 2 N–H and O–H groups in total. The molecule has 1 aromatic heterocycles. The van der Waals surface area contributed by atoms with Crippen LogP contribution in [-0.4, -0.2) is 31.7 Å². The van der Waals surface area contributed by atoms with Crippen molar-refractivity contribution in [2.75, 3.05) is 13.1 Å². The van der Waals surface area contributed by atoms with Gasteiger partial charge in [-0.1, -0.05) is 5.11 Å². The van der Waals surface area contributed by atoms with Crippen molar-refractivity contribution in [3.8, 4) is 0 Å². The summed E-state index contributed by atoms with van der Waals surface area (Å²) >= 11 is 0. The summed E-state index contributed by atoms with van der Waals surface area (Å²) in [4.78, 5) is 2.77. The van der Waals surface area contributed by atoms with Crippen LogP contribution in [0.2, 0.25) is 0 Å². The van der Waals surface area contributed by atoms with Gasteiger partial charge in [0.15, 0.2) is 0 Å². The number of rotatable bonds is 7. The lowest BCUT2D eigenvalue weighted by atomic mass is 10.3. The van der Waals surface area contributed by atoms with E-state index < -0.39 is 10.0 Å². The molecule has 1 heterocycles. The average Bonchev–Trinajstić information content (AvgIpc) is 2.70. The number of sulfonamides is 1. The lowest BCUT2D eigenvalue weighted by molar-refractivity contribution is 0.576. The van der Waals surface area contributed by atoms with E-state index in [9.17, 15) is 8.42 Å². The molecule has 0 aliphatic rings. The van der Waals surface area contributed by atoms with Crippen LogP contribution in [0.4, 0.5) is 0 Å². The third-order valence-corrected chi connectivity index (χ3v) is 3.69. The number of H-pyrrole nitrogens is 1. The highest BCUT2D eigenvalue weighted by molar-refractivity contribution is 7.89. The van der Waals surface area contributed by atoms with E-state index in [0.717, 1.165) is 0 Å². The number of hydrogen-bond donors (Lipinski definition) is 2. The molecule has 0 bridgehead atoms. The van der Waals surface area contributed by atoms with Crippen LogP contribution in [0.25, 0.3) is 10.4 Å². The fraction of sp³-hybridized carbons (Fsp3) is 0.625. The highest BCUT2D eigenvalue weighted by Gasteiger charge is 2.17. The fourth-order valence-corrected chi connectivity index (χ4v) is 2.46. The molecule has 94 valence electrons. The molecule has 0 radical (unpaired) electrons. The van der Waals surface area contributed by atoms with Crippen LogP contribution in [0, 0.1) is 6.92 Å². The summed E-state index contributed by atoms with van der Waals surface area (Å²) in [7, 11) is -3.49. The van der Waals surface area contributed by atoms with Gasteiger partial charge in [0.2, 0.25) is 10.0 Å². The second-order valence-electron chi connectivity index (χ2n) is 3.42. The van der Waals surface area contributed by atoms with Gasteiger partial charge in [0, 0.05) is 18.0 Å². The minimum atomic E-state index is -3.49. The van der Waals surface area contributed by atoms with Crippen molar-refractivity contribution in [3.63, 3.8) is 0 Å². The number of aromatic amines is 1. The highest BCUT2D eigenvalue weighted by atomic mass is 32.2. The van der Waals surface area contributed by atoms with Crippen LogP contribution >= 0.6 is 0 Å². The second kappa shape index (κ2) is 6.24. The normalized spacial score (nSPS) is 11.1. The molecular weight excluding hydrogens is 244 g/mol. The first kappa shape index (κ1) is 13.5. The molecule has 1 rings (SSSR count). The largest absolute Gasteiger partial charge is 0.281 e. The lowest BCUT2D eigenvalue weighted by Gasteiger charge is -2.04. The second-order valence-corrected chi connectivity index (χ2v) is 5.15. The fourth-order valence-electron chi connectivity index (χ4n) is 1.25. The van der Waals surface area contributed by atoms with E-state index in [4.69, 9.17) is 5.53 Å². The minimum absolute atomic E-state index is 0.160. The Labute approximate surface area is 99.1 Å². The number of hydrogen-bond acceptors (Lipinski definition) is 4. The van der Waals surface area contributed by atoms with Crippen LogP contribution < -0.4 is 4.72 Å². The molecule has 0 aliphatic heterocycles. The van der Waals surface area contributed by atoms with Gasteiger partial charge in [0.1, 0.15) is 4.90 Å². The quantitative estimate of drug-likeness (QED) is 0.329. The van der Waals surface area contributed by atoms with Crippen molar-refractivity contribution in [2.45, 2.75) is 24.7 Å². The molecular formula is C8H14N6O2S. The van der Waals surface area contributed by atoms with E-state index in [2.05, 4.69) is 24.9 Å². The van der Waals surface area contributed by atoms with Crippen molar-refractivity contribution in [3.05, 3.63) is 22.3 Å². The van der Waals surface area contributed by atoms with Crippen LogP contribution in [0.1, 0.15) is 18.5 Å². The SMILES string of the molecule is Cc1[nH]ncc1S(=O)(=O)NCCCCN=[N+]=[N-]. The maximum Gasteiger partial charge on any atom is 0.243 e. The van der Waals surface area contributed by atoms with Crippen molar-refractivity contribution in [1.82, 2.24) is 14.9 Å². The van der Waals surface area contributed by atoms with Gasteiger partial charge in [-0.15, -0.1) is 0 Å². The van der Waals surface area contributed by atoms with E-state index in [1.807, 2.05) is 0 Å². The first-order valence-electron chi connectivity index (χ1n) is 5.08. The van der Waals surface area contributed by atoms with Gasteiger partial charge in [0.05, 0.1) is 11.9 Å². The molecule has 0 saturated carbocycles. The lowest BCUT2D eigenvalue weighted by Crippen LogP contribution is -2.25. The Bertz CT molecular complexity index is 502. The standard InChI is InChI=1S/C8H14N6O2S/c1-7-8(6-11-13-7)17(15,16)12-5-3-2-4-10-14-9/h6,12H,2-5H2,1H3,(H,11,13). The molecule has 1 aromatic rings. The molecule has 0 fully saturated rings. The van der Waals surface area contributed by atoms with E-state index in [1.54, 1.807) is 6.92 Å². The van der Waals surface area contributed by atoms with Crippen LogP contribution in [0.3, 0.4) is 0 Å². The Morgan fingerprint density at radius 2 is 2.35 bits per heavy atom. The van der Waals surface area contributed by atoms with E-state index in [1.165, 1.54) is 6.20 Å². The van der Waals surface area contributed by atoms with Gasteiger partial charge in [0.25, 0.3) is 0 Å². The monoisotopic (exact) mass is 258 g/mol. The summed E-state index contributed by atoms with van der Waals surface area (Å²) in [5, 5.41) is 9.58. The van der Waals surface area contributed by atoms with Crippen LogP contribution in [0.5, 0.6) is 0 Å². The highest BCUT2D eigenvalue weighted by Crippen LogP contribution is 2.10. The molecule has 0 aliphatic carbocycles. The first-order chi connectivity index (χ1) is 8.08. The average molecular weight is 258 g/mol. The van der Waals surface area contributed by atoms with Crippen molar-refractivity contribution in [1.29, 1.82) is 0 Å². The maximum atomic E-state index is 11.7. The zero-order valence-electron chi connectivity index (χ0n) is 9.42. The number of aromatic nitrogens is 2. The van der Waals surface area contributed by atoms with Gasteiger partial charge >= 0.3 is 0 Å². The summed E-state index contributed by atoms with van der Waals surface area (Å²) < 4.78 is 26.0. The topological polar surface area (TPSA) is 124 Å². The zero-order valence-corrected chi connectivity index (χ0v) is 10.2. The molecule has 0 spiro atoms. The predicted molar refractivity (Wildman–Crippen MR) is 61.8 cm³/mol. The third-order valence-electron chi connectivity index (χ3n) is 2.11. The molecule has 9 heteroatoms. The molecule has 0 saturated heterocycles. The Morgan fingerprint density at radius 3 is 2.94 bits per heavy atom. The van der Waals surface area contributed by atoms with E-state index in [0.29, 0.717) is 31.6 Å². The Balaban J connectivity index is 2.41. The van der Waals surface area contributed by atoms with Crippen molar-refractivity contribution < 1.29 is 8.42 Å². The van der Waals surface area contributed by atoms with E-state index in [-0.39, 0.29) is 4.90 Å². The smallest absolute Gasteiger partial charge is 0.243 e. The minimum Gasteiger partial charge on any atom is -0.281 e. The summed E-state index contributed by atoms with van der Waals surface area (Å²) in [6.07, 6.45) is 2.55. The van der Waals surface area contributed by atoms with Crippen molar-refractivity contribution >= 4 is 10.0 Å². The van der Waals surface area contributed by atoms with Gasteiger partial charge in [-0.25, -0.2) is 13.1 Å². The predicted octanol–water partition coefficient (Wildman–Crippen LogP) is 1.09. The van der Waals surface area contributed by atoms with E-state index >= 15 is 0 Å². The molecule has 0 amide bonds. The number of nitrogens with one attached hydrogen (secondary N) is 2. The molecule has 0 unspecified atom stereocenters. The Kier molecular flexibility index (Phi) is 4.95. The Hall–Kier alpha value is -1.57. The van der Waals surface area contributed by atoms with Gasteiger partial charge in [-0.3, -0.25) is 5.10 Å². The first-order valence-corrected chi connectivity index (χ1v) is 6.57. The van der Waals surface area contributed by atoms with Gasteiger partial charge in [-0.05, 0) is 25.3 Å². The molecule has 17 heavy (non-hydrogen) atoms.